The van der Waals surface area contributed by atoms with Gasteiger partial charge in [0.15, 0.2) is 11.6 Å². The summed E-state index contributed by atoms with van der Waals surface area (Å²) in [6.07, 6.45) is 0. The number of phenols is 1. The molecular formula is C13H10ClF2NO. The van der Waals surface area contributed by atoms with E-state index in [9.17, 15) is 13.9 Å². The number of rotatable bonds is 3. The minimum Gasteiger partial charge on any atom is -0.503 e. The Morgan fingerprint density at radius 1 is 1.06 bits per heavy atom. The van der Waals surface area contributed by atoms with Gasteiger partial charge in [0.1, 0.15) is 5.82 Å². The average molecular weight is 270 g/mol. The number of benzene rings is 2. The molecule has 2 aromatic rings. The smallest absolute Gasteiger partial charge is 0.174 e. The summed E-state index contributed by atoms with van der Waals surface area (Å²) in [5.74, 6) is -1.68. The van der Waals surface area contributed by atoms with E-state index < -0.39 is 17.4 Å². The topological polar surface area (TPSA) is 32.3 Å². The van der Waals surface area contributed by atoms with Gasteiger partial charge in [-0.05, 0) is 24.3 Å². The van der Waals surface area contributed by atoms with Gasteiger partial charge in [0.25, 0.3) is 0 Å². The highest BCUT2D eigenvalue weighted by Gasteiger charge is 2.09. The van der Waals surface area contributed by atoms with E-state index in [1.165, 1.54) is 24.3 Å². The van der Waals surface area contributed by atoms with Gasteiger partial charge in [0, 0.05) is 17.1 Å². The average Bonchev–Trinajstić information content (AvgIpc) is 2.33. The summed E-state index contributed by atoms with van der Waals surface area (Å²) in [6, 6.07) is 8.42. The van der Waals surface area contributed by atoms with Crippen LogP contribution in [0.5, 0.6) is 5.75 Å². The predicted octanol–water partition coefficient (Wildman–Crippen LogP) is 3.94. The normalized spacial score (nSPS) is 10.4. The number of aromatic hydroxyl groups is 1. The van der Waals surface area contributed by atoms with E-state index in [1.807, 2.05) is 0 Å². The van der Waals surface area contributed by atoms with Crippen molar-refractivity contribution in [2.75, 3.05) is 5.32 Å². The van der Waals surface area contributed by atoms with Crippen molar-refractivity contribution in [3.05, 3.63) is 58.6 Å². The Hall–Kier alpha value is -1.81. The van der Waals surface area contributed by atoms with Gasteiger partial charge < -0.3 is 10.4 Å². The van der Waals surface area contributed by atoms with Crippen molar-refractivity contribution in [3.8, 4) is 5.75 Å². The van der Waals surface area contributed by atoms with Crippen LogP contribution in [0.25, 0.3) is 0 Å². The van der Waals surface area contributed by atoms with Gasteiger partial charge >= 0.3 is 0 Å². The fourth-order valence-corrected chi connectivity index (χ4v) is 1.77. The first-order chi connectivity index (χ1) is 8.59. The molecule has 0 aliphatic rings. The highest BCUT2D eigenvalue weighted by Crippen LogP contribution is 2.27. The number of hydrogen-bond acceptors (Lipinski definition) is 2. The van der Waals surface area contributed by atoms with Crippen molar-refractivity contribution in [2.45, 2.75) is 6.54 Å². The summed E-state index contributed by atoms with van der Waals surface area (Å²) in [4.78, 5) is 0. The van der Waals surface area contributed by atoms with Gasteiger partial charge in [-0.1, -0.05) is 23.7 Å². The van der Waals surface area contributed by atoms with Crippen LogP contribution in [-0.4, -0.2) is 5.11 Å². The van der Waals surface area contributed by atoms with E-state index in [0.717, 1.165) is 6.07 Å². The maximum Gasteiger partial charge on any atom is 0.174 e. The second kappa shape index (κ2) is 5.23. The molecule has 0 radical (unpaired) electrons. The quantitative estimate of drug-likeness (QED) is 0.828. The van der Waals surface area contributed by atoms with Crippen LogP contribution in [0.2, 0.25) is 5.02 Å². The monoisotopic (exact) mass is 269 g/mol. The summed E-state index contributed by atoms with van der Waals surface area (Å²) >= 11 is 5.85. The molecule has 0 bridgehead atoms. The number of anilines is 1. The van der Waals surface area contributed by atoms with Crippen molar-refractivity contribution in [3.63, 3.8) is 0 Å². The third-order valence-corrected chi connectivity index (χ3v) is 2.86. The maximum atomic E-state index is 13.5. The van der Waals surface area contributed by atoms with Crippen molar-refractivity contribution >= 4 is 17.3 Å². The van der Waals surface area contributed by atoms with Crippen molar-refractivity contribution in [1.82, 2.24) is 0 Å². The number of hydrogen-bond donors (Lipinski definition) is 2. The molecular weight excluding hydrogens is 260 g/mol. The Morgan fingerprint density at radius 3 is 2.44 bits per heavy atom. The van der Waals surface area contributed by atoms with E-state index in [0.29, 0.717) is 0 Å². The van der Waals surface area contributed by atoms with E-state index in [2.05, 4.69) is 5.32 Å². The van der Waals surface area contributed by atoms with Gasteiger partial charge in [-0.3, -0.25) is 0 Å². The van der Waals surface area contributed by atoms with Crippen molar-refractivity contribution in [2.24, 2.45) is 0 Å². The first-order valence-corrected chi connectivity index (χ1v) is 5.61. The van der Waals surface area contributed by atoms with Crippen LogP contribution < -0.4 is 5.32 Å². The molecule has 94 valence electrons. The highest BCUT2D eigenvalue weighted by atomic mass is 35.5. The summed E-state index contributed by atoms with van der Waals surface area (Å²) in [7, 11) is 0. The zero-order valence-corrected chi connectivity index (χ0v) is 10.0. The molecule has 0 atom stereocenters. The number of phenolic OH excluding ortho intramolecular Hbond substituents is 1. The molecule has 0 amide bonds. The van der Waals surface area contributed by atoms with E-state index in [4.69, 9.17) is 11.6 Å². The van der Waals surface area contributed by atoms with Gasteiger partial charge in [-0.15, -0.1) is 0 Å². The van der Waals surface area contributed by atoms with E-state index >= 15 is 0 Å². The summed E-state index contributed by atoms with van der Waals surface area (Å²) < 4.78 is 26.5. The molecule has 18 heavy (non-hydrogen) atoms. The second-order valence-electron chi connectivity index (χ2n) is 3.69. The molecule has 5 heteroatoms. The highest BCUT2D eigenvalue weighted by molar-refractivity contribution is 6.31. The Bertz CT molecular complexity index is 555. The number of nitrogens with one attached hydrogen (secondary N) is 1. The first kappa shape index (κ1) is 12.6. The van der Waals surface area contributed by atoms with Gasteiger partial charge in [-0.2, -0.15) is 0 Å². The third-order valence-electron chi connectivity index (χ3n) is 2.50. The lowest BCUT2D eigenvalue weighted by Crippen LogP contribution is -2.03. The van der Waals surface area contributed by atoms with Gasteiger partial charge in [-0.25, -0.2) is 8.78 Å². The molecule has 0 aliphatic carbocycles. The molecule has 0 saturated heterocycles. The Balaban J connectivity index is 2.19. The molecule has 0 aromatic heterocycles. The molecule has 0 saturated carbocycles. The lowest BCUT2D eigenvalue weighted by atomic mass is 10.2. The third kappa shape index (κ3) is 2.54. The van der Waals surface area contributed by atoms with Crippen LogP contribution in [0.15, 0.2) is 36.4 Å². The van der Waals surface area contributed by atoms with E-state index in [1.54, 1.807) is 6.07 Å². The minimum atomic E-state index is -0.736. The van der Waals surface area contributed by atoms with Crippen LogP contribution in [0.1, 0.15) is 5.56 Å². The molecule has 0 heterocycles. The zero-order chi connectivity index (χ0) is 13.1. The zero-order valence-electron chi connectivity index (χ0n) is 9.25. The van der Waals surface area contributed by atoms with Gasteiger partial charge in [0.05, 0.1) is 5.69 Å². The summed E-state index contributed by atoms with van der Waals surface area (Å²) in [5.41, 5.74) is 0.456. The number of para-hydroxylation sites is 1. The van der Waals surface area contributed by atoms with Crippen molar-refractivity contribution in [1.29, 1.82) is 0 Å². The molecule has 0 spiro atoms. The molecule has 0 unspecified atom stereocenters. The fraction of sp³-hybridized carbons (Fsp3) is 0.0769. The fourth-order valence-electron chi connectivity index (χ4n) is 1.54. The lowest BCUT2D eigenvalue weighted by molar-refractivity contribution is 0.434. The molecule has 0 fully saturated rings. The maximum absolute atomic E-state index is 13.5. The van der Waals surface area contributed by atoms with Crippen LogP contribution in [0.3, 0.4) is 0 Å². The second-order valence-corrected chi connectivity index (χ2v) is 4.10. The van der Waals surface area contributed by atoms with E-state index in [-0.39, 0.29) is 22.8 Å². The number of halogens is 3. The van der Waals surface area contributed by atoms with Gasteiger partial charge in [0.2, 0.25) is 0 Å². The minimum absolute atomic E-state index is 0.0581. The van der Waals surface area contributed by atoms with Crippen LogP contribution in [-0.2, 0) is 6.54 Å². The summed E-state index contributed by atoms with van der Waals surface area (Å²) in [6.45, 7) is 0.0581. The Morgan fingerprint density at radius 2 is 1.72 bits per heavy atom. The standard InChI is InChI=1S/C13H10ClF2NO/c14-9-3-1-4-10(15)8(9)7-17-12-6-2-5-11(16)13(12)18/h1-6,17-18H,7H2. The molecule has 0 aliphatic heterocycles. The predicted molar refractivity (Wildman–Crippen MR) is 66.8 cm³/mol. The van der Waals surface area contributed by atoms with Crippen molar-refractivity contribution < 1.29 is 13.9 Å². The first-order valence-electron chi connectivity index (χ1n) is 5.24. The lowest BCUT2D eigenvalue weighted by Gasteiger charge is -2.10. The molecule has 2 N–H and O–H groups in total. The largest absolute Gasteiger partial charge is 0.503 e. The SMILES string of the molecule is Oc1c(F)cccc1NCc1c(F)cccc1Cl. The Kier molecular flexibility index (Phi) is 3.67. The molecule has 2 nitrogen and oxygen atoms in total. The molecule has 2 aromatic carbocycles. The van der Waals surface area contributed by atoms with Crippen LogP contribution >= 0.6 is 11.6 Å². The molecule has 2 rings (SSSR count). The summed E-state index contributed by atoms with van der Waals surface area (Å²) in [5, 5.41) is 12.5. The Labute approximate surface area is 108 Å². The van der Waals surface area contributed by atoms with Crippen LogP contribution in [0.4, 0.5) is 14.5 Å². The van der Waals surface area contributed by atoms with Crippen LogP contribution in [0, 0.1) is 11.6 Å².